The largest absolute Gasteiger partial charge is 0.335 e. The average molecular weight is 272 g/mol. The van der Waals surface area contributed by atoms with Crippen LogP contribution >= 0.6 is 0 Å². The number of nitrogens with zero attached hydrogens (tertiary/aromatic N) is 1. The van der Waals surface area contributed by atoms with Crippen LogP contribution in [-0.4, -0.2) is 23.8 Å². The van der Waals surface area contributed by atoms with Gasteiger partial charge in [-0.3, -0.25) is 9.59 Å². The lowest BCUT2D eigenvalue weighted by Crippen LogP contribution is -2.47. The summed E-state index contributed by atoms with van der Waals surface area (Å²) in [5, 5.41) is 2.87. The van der Waals surface area contributed by atoms with E-state index in [2.05, 4.69) is 5.32 Å². The molecule has 1 fully saturated rings. The van der Waals surface area contributed by atoms with E-state index >= 15 is 0 Å². The summed E-state index contributed by atoms with van der Waals surface area (Å²) in [6, 6.07) is 6.22. The molecule has 1 aromatic rings. The van der Waals surface area contributed by atoms with Crippen molar-refractivity contribution in [2.75, 3.05) is 4.90 Å². The highest BCUT2D eigenvalue weighted by Crippen LogP contribution is 2.29. The number of imide groups is 1. The maximum Gasteiger partial charge on any atom is 0.329 e. The molecule has 0 spiro atoms. The van der Waals surface area contributed by atoms with E-state index in [0.29, 0.717) is 11.3 Å². The predicted molar refractivity (Wildman–Crippen MR) is 73.7 cm³/mol. The van der Waals surface area contributed by atoms with Gasteiger partial charge in [0.25, 0.3) is 5.78 Å². The van der Waals surface area contributed by atoms with Gasteiger partial charge in [0.15, 0.2) is 0 Å². The zero-order valence-corrected chi connectivity index (χ0v) is 11.1. The van der Waals surface area contributed by atoms with Crippen LogP contribution in [0.3, 0.4) is 0 Å². The van der Waals surface area contributed by atoms with Gasteiger partial charge in [-0.05, 0) is 25.0 Å². The highest BCUT2D eigenvalue weighted by atomic mass is 16.2. The Kier molecular flexibility index (Phi) is 3.26. The van der Waals surface area contributed by atoms with Gasteiger partial charge in [-0.1, -0.05) is 31.4 Å². The van der Waals surface area contributed by atoms with E-state index in [1.165, 1.54) is 6.42 Å². The van der Waals surface area contributed by atoms with E-state index in [1.807, 2.05) is 0 Å². The molecule has 1 aliphatic heterocycles. The van der Waals surface area contributed by atoms with Gasteiger partial charge < -0.3 is 5.32 Å². The van der Waals surface area contributed by atoms with Crippen molar-refractivity contribution in [3.05, 3.63) is 29.8 Å². The first-order chi connectivity index (χ1) is 9.68. The summed E-state index contributed by atoms with van der Waals surface area (Å²) in [5.74, 6) is -1.38. The minimum absolute atomic E-state index is 0.104. The molecule has 1 heterocycles. The molecule has 104 valence electrons. The van der Waals surface area contributed by atoms with Crippen molar-refractivity contribution in [2.45, 2.75) is 38.1 Å². The Morgan fingerprint density at radius 3 is 2.55 bits per heavy atom. The van der Waals surface area contributed by atoms with Gasteiger partial charge >= 0.3 is 11.9 Å². The Morgan fingerprint density at radius 1 is 1.10 bits per heavy atom. The number of ketones is 1. The van der Waals surface area contributed by atoms with Crippen LogP contribution in [0.2, 0.25) is 0 Å². The molecule has 0 radical (unpaired) electrons. The Morgan fingerprint density at radius 2 is 1.80 bits per heavy atom. The zero-order chi connectivity index (χ0) is 14.1. The fourth-order valence-corrected chi connectivity index (χ4v) is 2.87. The molecule has 3 amide bonds. The van der Waals surface area contributed by atoms with Crippen molar-refractivity contribution in [1.82, 2.24) is 5.32 Å². The lowest BCUT2D eigenvalue weighted by atomic mass is 9.96. The number of anilines is 1. The van der Waals surface area contributed by atoms with Crippen LogP contribution in [0.1, 0.15) is 42.5 Å². The third kappa shape index (κ3) is 2.09. The number of para-hydroxylation sites is 1. The number of rotatable bonds is 1. The number of hydrogen-bond acceptors (Lipinski definition) is 3. The molecular weight excluding hydrogens is 256 g/mol. The van der Waals surface area contributed by atoms with Gasteiger partial charge in [0.1, 0.15) is 0 Å². The Balaban J connectivity index is 1.81. The second kappa shape index (κ2) is 5.07. The Hall–Kier alpha value is -2.17. The van der Waals surface area contributed by atoms with Gasteiger partial charge in [-0.15, -0.1) is 0 Å². The molecule has 3 rings (SSSR count). The van der Waals surface area contributed by atoms with Gasteiger partial charge in [-0.25, -0.2) is 9.69 Å². The molecule has 0 aromatic heterocycles. The first-order valence-electron chi connectivity index (χ1n) is 6.97. The fourth-order valence-electron chi connectivity index (χ4n) is 2.87. The predicted octanol–water partition coefficient (Wildman–Crippen LogP) is 2.26. The van der Waals surface area contributed by atoms with Crippen LogP contribution < -0.4 is 10.2 Å². The summed E-state index contributed by atoms with van der Waals surface area (Å²) < 4.78 is 0. The van der Waals surface area contributed by atoms with E-state index in [4.69, 9.17) is 0 Å². The first kappa shape index (κ1) is 12.8. The van der Waals surface area contributed by atoms with Crippen molar-refractivity contribution in [3.63, 3.8) is 0 Å². The number of nitrogens with one attached hydrogen (secondary N) is 1. The molecule has 1 N–H and O–H groups in total. The SMILES string of the molecule is O=C1C(=O)N(C(=O)NC2CCCCC2)c2ccccc21. The van der Waals surface area contributed by atoms with E-state index in [9.17, 15) is 14.4 Å². The number of benzene rings is 1. The minimum Gasteiger partial charge on any atom is -0.335 e. The molecule has 5 heteroatoms. The molecule has 1 aromatic carbocycles. The molecule has 1 aliphatic carbocycles. The highest BCUT2D eigenvalue weighted by Gasteiger charge is 2.40. The van der Waals surface area contributed by atoms with Crippen LogP contribution in [-0.2, 0) is 4.79 Å². The normalized spacial score (nSPS) is 19.1. The molecule has 0 atom stereocenters. The summed E-state index contributed by atoms with van der Waals surface area (Å²) in [5.41, 5.74) is 0.687. The monoisotopic (exact) mass is 272 g/mol. The van der Waals surface area contributed by atoms with E-state index in [-0.39, 0.29) is 6.04 Å². The van der Waals surface area contributed by atoms with Gasteiger partial charge in [0.2, 0.25) is 0 Å². The number of Topliss-reactive ketones (excluding diaryl/α,β-unsaturated/α-hetero) is 1. The van der Waals surface area contributed by atoms with Crippen LogP contribution in [0.5, 0.6) is 0 Å². The third-order valence-corrected chi connectivity index (χ3v) is 3.92. The lowest BCUT2D eigenvalue weighted by molar-refractivity contribution is -0.113. The number of urea groups is 1. The van der Waals surface area contributed by atoms with E-state index in [1.54, 1.807) is 24.3 Å². The van der Waals surface area contributed by atoms with Crippen molar-refractivity contribution < 1.29 is 14.4 Å². The van der Waals surface area contributed by atoms with Crippen molar-refractivity contribution in [3.8, 4) is 0 Å². The molecule has 2 aliphatic rings. The van der Waals surface area contributed by atoms with E-state index in [0.717, 1.165) is 30.6 Å². The summed E-state index contributed by atoms with van der Waals surface area (Å²) >= 11 is 0. The second-order valence-corrected chi connectivity index (χ2v) is 5.27. The summed E-state index contributed by atoms with van der Waals surface area (Å²) in [6.45, 7) is 0. The summed E-state index contributed by atoms with van der Waals surface area (Å²) in [4.78, 5) is 37.0. The number of hydrogen-bond donors (Lipinski definition) is 1. The van der Waals surface area contributed by atoms with Crippen molar-refractivity contribution in [1.29, 1.82) is 0 Å². The highest BCUT2D eigenvalue weighted by molar-refractivity contribution is 6.56. The van der Waals surface area contributed by atoms with Crippen LogP contribution in [0.4, 0.5) is 10.5 Å². The van der Waals surface area contributed by atoms with E-state index < -0.39 is 17.7 Å². The van der Waals surface area contributed by atoms with Crippen LogP contribution in [0, 0.1) is 0 Å². The lowest BCUT2D eigenvalue weighted by Gasteiger charge is -2.25. The maximum atomic E-state index is 12.3. The maximum absolute atomic E-state index is 12.3. The quantitative estimate of drug-likeness (QED) is 0.797. The molecule has 0 bridgehead atoms. The molecule has 20 heavy (non-hydrogen) atoms. The second-order valence-electron chi connectivity index (χ2n) is 5.27. The van der Waals surface area contributed by atoms with Crippen molar-refractivity contribution >= 4 is 23.4 Å². The van der Waals surface area contributed by atoms with Crippen molar-refractivity contribution in [2.24, 2.45) is 0 Å². The molecule has 1 saturated carbocycles. The van der Waals surface area contributed by atoms with Gasteiger partial charge in [-0.2, -0.15) is 0 Å². The molecular formula is C15H16N2O3. The minimum atomic E-state index is -0.764. The Labute approximate surface area is 116 Å². The van der Waals surface area contributed by atoms with Gasteiger partial charge in [0.05, 0.1) is 11.3 Å². The van der Waals surface area contributed by atoms with Crippen LogP contribution in [0.15, 0.2) is 24.3 Å². The zero-order valence-electron chi connectivity index (χ0n) is 11.1. The summed E-state index contributed by atoms with van der Waals surface area (Å²) in [6.07, 6.45) is 5.24. The third-order valence-electron chi connectivity index (χ3n) is 3.92. The first-order valence-corrected chi connectivity index (χ1v) is 6.97. The average Bonchev–Trinajstić information content (AvgIpc) is 2.72. The van der Waals surface area contributed by atoms with Crippen LogP contribution in [0.25, 0.3) is 0 Å². The summed E-state index contributed by atoms with van der Waals surface area (Å²) in [7, 11) is 0. The van der Waals surface area contributed by atoms with Gasteiger partial charge in [0, 0.05) is 6.04 Å². The standard InChI is InChI=1S/C15H16N2O3/c18-13-11-8-4-5-9-12(11)17(14(13)19)15(20)16-10-6-2-1-3-7-10/h4-5,8-10H,1-3,6-7H2,(H,16,20). The smallest absolute Gasteiger partial charge is 0.329 e. The number of amides is 3. The number of carbonyl (C=O) groups excluding carboxylic acids is 3. The topological polar surface area (TPSA) is 66.5 Å². The number of carbonyl (C=O) groups is 3. The fraction of sp³-hybridized carbons (Fsp3) is 0.400. The molecule has 0 saturated heterocycles. The number of fused-ring (bicyclic) bond motifs is 1. The molecule has 0 unspecified atom stereocenters. The molecule has 5 nitrogen and oxygen atoms in total. The Bertz CT molecular complexity index is 576.